The highest BCUT2D eigenvalue weighted by Crippen LogP contribution is 2.34. The lowest BCUT2D eigenvalue weighted by Gasteiger charge is -2.35. The van der Waals surface area contributed by atoms with Gasteiger partial charge in [0.1, 0.15) is 0 Å². The first-order valence-corrected chi connectivity index (χ1v) is 6.41. The number of amides is 1. The zero-order valence-electron chi connectivity index (χ0n) is 9.87. The van der Waals surface area contributed by atoms with E-state index in [1.807, 2.05) is 12.1 Å². The molecule has 0 bridgehead atoms. The van der Waals surface area contributed by atoms with Gasteiger partial charge < -0.3 is 14.8 Å². The van der Waals surface area contributed by atoms with Gasteiger partial charge in [0.25, 0.3) is 0 Å². The molecule has 1 spiro atoms. The van der Waals surface area contributed by atoms with Crippen LogP contribution < -0.4 is 5.32 Å². The summed E-state index contributed by atoms with van der Waals surface area (Å²) in [6.07, 6.45) is 1.63. The van der Waals surface area contributed by atoms with Crippen LogP contribution in [-0.4, -0.2) is 24.9 Å². The molecule has 2 aliphatic rings. The minimum absolute atomic E-state index is 0.0852. The van der Waals surface area contributed by atoms with Crippen molar-refractivity contribution in [3.8, 4) is 0 Å². The van der Waals surface area contributed by atoms with Gasteiger partial charge in [0.2, 0.25) is 5.91 Å². The maximum Gasteiger partial charge on any atom is 0.229 e. The third-order valence-corrected chi connectivity index (χ3v) is 3.49. The fraction of sp³-hybridized carbons (Fsp3) is 0.462. The number of carbonyl (C=O) groups excluding carboxylic acids is 1. The van der Waals surface area contributed by atoms with Crippen LogP contribution >= 0.6 is 11.6 Å². The fourth-order valence-electron chi connectivity index (χ4n) is 2.44. The number of nitrogens with one attached hydrogen (secondary N) is 1. The first kappa shape index (κ1) is 12.0. The Balaban J connectivity index is 1.98. The van der Waals surface area contributed by atoms with Gasteiger partial charge >= 0.3 is 0 Å². The summed E-state index contributed by atoms with van der Waals surface area (Å²) >= 11 is 6.00. The molecule has 18 heavy (non-hydrogen) atoms. The van der Waals surface area contributed by atoms with E-state index in [2.05, 4.69) is 5.32 Å². The number of carbonyl (C=O) groups is 1. The number of fused-ring (bicyclic) bond motifs is 1. The van der Waals surface area contributed by atoms with Crippen LogP contribution in [0.2, 0.25) is 5.02 Å². The highest BCUT2D eigenvalue weighted by molar-refractivity contribution is 6.30. The normalized spacial score (nSPS) is 22.2. The van der Waals surface area contributed by atoms with E-state index in [-0.39, 0.29) is 12.3 Å². The highest BCUT2D eigenvalue weighted by Gasteiger charge is 2.40. The molecule has 0 radical (unpaired) electrons. The van der Waals surface area contributed by atoms with Gasteiger partial charge in [0, 0.05) is 17.1 Å². The van der Waals surface area contributed by atoms with E-state index in [9.17, 15) is 4.79 Å². The lowest BCUT2D eigenvalue weighted by atomic mass is 10.0. The summed E-state index contributed by atoms with van der Waals surface area (Å²) < 4.78 is 11.5. The van der Waals surface area contributed by atoms with Crippen molar-refractivity contribution in [3.63, 3.8) is 0 Å². The van der Waals surface area contributed by atoms with Crippen LogP contribution in [0.3, 0.4) is 0 Å². The van der Waals surface area contributed by atoms with Crippen LogP contribution in [0.1, 0.15) is 18.4 Å². The predicted molar refractivity (Wildman–Crippen MR) is 67.7 cm³/mol. The van der Waals surface area contributed by atoms with Gasteiger partial charge in [-0.05, 0) is 30.2 Å². The van der Waals surface area contributed by atoms with Crippen molar-refractivity contribution in [2.24, 2.45) is 0 Å². The lowest BCUT2D eigenvalue weighted by Crippen LogP contribution is -2.44. The summed E-state index contributed by atoms with van der Waals surface area (Å²) in [5.41, 5.74) is 1.74. The summed E-state index contributed by atoms with van der Waals surface area (Å²) in [6.45, 7) is 1.26. The molecule has 3 rings (SSSR count). The van der Waals surface area contributed by atoms with Crippen LogP contribution in [0.5, 0.6) is 0 Å². The van der Waals surface area contributed by atoms with Gasteiger partial charge in [-0.25, -0.2) is 0 Å². The molecular formula is C13H14ClNO3. The molecule has 1 aromatic carbocycles. The second-order valence-electron chi connectivity index (χ2n) is 4.66. The van der Waals surface area contributed by atoms with Crippen LogP contribution in [0.25, 0.3) is 0 Å². The second-order valence-corrected chi connectivity index (χ2v) is 5.10. The number of rotatable bonds is 0. The highest BCUT2D eigenvalue weighted by atomic mass is 35.5. The average Bonchev–Trinajstić information content (AvgIpc) is 2.45. The van der Waals surface area contributed by atoms with E-state index in [0.29, 0.717) is 24.7 Å². The van der Waals surface area contributed by atoms with Crippen LogP contribution in [0.4, 0.5) is 5.69 Å². The maximum atomic E-state index is 11.9. The monoisotopic (exact) mass is 267 g/mol. The van der Waals surface area contributed by atoms with Gasteiger partial charge in [-0.1, -0.05) is 11.6 Å². The Morgan fingerprint density at radius 3 is 2.78 bits per heavy atom. The summed E-state index contributed by atoms with van der Waals surface area (Å²) in [5.74, 6) is -0.906. The third kappa shape index (κ3) is 2.23. The second kappa shape index (κ2) is 4.53. The summed E-state index contributed by atoms with van der Waals surface area (Å²) in [5, 5.41) is 3.51. The first-order chi connectivity index (χ1) is 8.67. The van der Waals surface area contributed by atoms with Crippen molar-refractivity contribution in [1.29, 1.82) is 0 Å². The summed E-state index contributed by atoms with van der Waals surface area (Å²) in [6, 6.07) is 5.43. The zero-order chi connectivity index (χ0) is 12.6. The van der Waals surface area contributed by atoms with Crippen molar-refractivity contribution in [1.82, 2.24) is 0 Å². The Labute approximate surface area is 110 Å². The maximum absolute atomic E-state index is 11.9. The Hall–Kier alpha value is -1.10. The number of hydrogen-bond donors (Lipinski definition) is 1. The van der Waals surface area contributed by atoms with Gasteiger partial charge in [0.05, 0.1) is 19.6 Å². The van der Waals surface area contributed by atoms with Crippen molar-refractivity contribution in [2.75, 3.05) is 18.5 Å². The van der Waals surface area contributed by atoms with Crippen molar-refractivity contribution in [2.45, 2.75) is 25.0 Å². The van der Waals surface area contributed by atoms with E-state index in [0.717, 1.165) is 17.7 Å². The molecule has 0 aliphatic carbocycles. The minimum atomic E-state index is -0.821. The zero-order valence-corrected chi connectivity index (χ0v) is 10.6. The molecular weight excluding hydrogens is 254 g/mol. The summed E-state index contributed by atoms with van der Waals surface area (Å²) in [7, 11) is 0. The number of hydrogen-bond acceptors (Lipinski definition) is 3. The lowest BCUT2D eigenvalue weighted by molar-refractivity contribution is -0.265. The van der Waals surface area contributed by atoms with Crippen molar-refractivity contribution < 1.29 is 14.3 Å². The molecule has 0 unspecified atom stereocenters. The average molecular weight is 268 g/mol. The Bertz CT molecular complexity index is 483. The molecule has 0 saturated carbocycles. The largest absolute Gasteiger partial charge is 0.349 e. The molecule has 1 fully saturated rings. The standard InChI is InChI=1S/C13H14ClNO3/c14-10-2-3-11-9(6-10)7-13(8-12(16)15-11)17-4-1-5-18-13/h2-3,6H,1,4-5,7-8H2,(H,15,16). The van der Waals surface area contributed by atoms with E-state index < -0.39 is 5.79 Å². The number of benzene rings is 1. The number of ether oxygens (including phenoxy) is 2. The van der Waals surface area contributed by atoms with Gasteiger partial charge in [-0.15, -0.1) is 0 Å². The first-order valence-electron chi connectivity index (χ1n) is 6.03. The van der Waals surface area contributed by atoms with E-state index in [1.54, 1.807) is 6.07 Å². The molecule has 2 heterocycles. The van der Waals surface area contributed by atoms with Crippen molar-refractivity contribution in [3.05, 3.63) is 28.8 Å². The molecule has 4 nitrogen and oxygen atoms in total. The molecule has 0 atom stereocenters. The van der Waals surface area contributed by atoms with Gasteiger partial charge in [-0.2, -0.15) is 0 Å². The van der Waals surface area contributed by atoms with Crippen LogP contribution in [-0.2, 0) is 20.7 Å². The molecule has 1 aromatic rings. The Kier molecular flexibility index (Phi) is 3.01. The van der Waals surface area contributed by atoms with Crippen LogP contribution in [0, 0.1) is 0 Å². The molecule has 0 aromatic heterocycles. The van der Waals surface area contributed by atoms with Crippen LogP contribution in [0.15, 0.2) is 18.2 Å². The third-order valence-electron chi connectivity index (χ3n) is 3.25. The SMILES string of the molecule is O=C1CC2(Cc3cc(Cl)ccc3N1)OCCCO2. The van der Waals surface area contributed by atoms with Crippen molar-refractivity contribution >= 4 is 23.2 Å². The molecule has 1 amide bonds. The smallest absolute Gasteiger partial charge is 0.229 e. The molecule has 96 valence electrons. The Morgan fingerprint density at radius 1 is 1.22 bits per heavy atom. The topological polar surface area (TPSA) is 47.6 Å². The van der Waals surface area contributed by atoms with E-state index in [4.69, 9.17) is 21.1 Å². The van der Waals surface area contributed by atoms with Gasteiger partial charge in [0.15, 0.2) is 5.79 Å². The predicted octanol–water partition coefficient (Wildman–Crippen LogP) is 2.36. The van der Waals surface area contributed by atoms with E-state index >= 15 is 0 Å². The number of halogens is 1. The fourth-order valence-corrected chi connectivity index (χ4v) is 2.64. The quantitative estimate of drug-likeness (QED) is 0.785. The minimum Gasteiger partial charge on any atom is -0.349 e. The summed E-state index contributed by atoms with van der Waals surface area (Å²) in [4.78, 5) is 11.9. The molecule has 2 aliphatic heterocycles. The van der Waals surface area contributed by atoms with Gasteiger partial charge in [-0.3, -0.25) is 4.79 Å². The number of anilines is 1. The molecule has 1 saturated heterocycles. The molecule has 1 N–H and O–H groups in total. The Morgan fingerprint density at radius 2 is 2.00 bits per heavy atom. The molecule has 5 heteroatoms. The van der Waals surface area contributed by atoms with E-state index in [1.165, 1.54) is 0 Å².